The lowest BCUT2D eigenvalue weighted by Crippen LogP contribution is -2.42. The van der Waals surface area contributed by atoms with Crippen LogP contribution in [-0.2, 0) is 11.5 Å². The fraction of sp³-hybridized carbons (Fsp3) is 0.393. The lowest BCUT2D eigenvalue weighted by Gasteiger charge is -2.37. The molecule has 0 fully saturated rings. The van der Waals surface area contributed by atoms with Crippen molar-refractivity contribution < 1.29 is 18.3 Å². The number of methoxy groups -OCH3 is 2. The first-order valence-electron chi connectivity index (χ1n) is 12.5. The monoisotopic (exact) mass is 537 g/mol. The van der Waals surface area contributed by atoms with E-state index in [1.165, 1.54) is 13.2 Å². The van der Waals surface area contributed by atoms with Crippen molar-refractivity contribution in [1.29, 1.82) is 0 Å². The highest BCUT2D eigenvalue weighted by Crippen LogP contribution is 2.39. The van der Waals surface area contributed by atoms with Gasteiger partial charge in [0.05, 0.1) is 55.6 Å². The van der Waals surface area contributed by atoms with Gasteiger partial charge in [-0.1, -0.05) is 20.8 Å². The van der Waals surface area contributed by atoms with Crippen molar-refractivity contribution in [3.63, 3.8) is 0 Å². The molecule has 0 saturated heterocycles. The Labute approximate surface area is 224 Å². The van der Waals surface area contributed by atoms with Gasteiger partial charge in [-0.2, -0.15) is 5.10 Å². The first-order valence-corrected chi connectivity index (χ1v) is 15.4. The second-order valence-corrected chi connectivity index (χ2v) is 15.6. The Hall–Kier alpha value is -3.50. The van der Waals surface area contributed by atoms with Crippen LogP contribution in [0.5, 0.6) is 11.5 Å². The van der Waals surface area contributed by atoms with Gasteiger partial charge < -0.3 is 18.8 Å². The lowest BCUT2D eigenvalue weighted by atomic mass is 10.2. The average molecular weight is 538 g/mol. The second-order valence-electron chi connectivity index (χ2n) is 10.8. The summed E-state index contributed by atoms with van der Waals surface area (Å²) in [5.41, 5.74) is 4.09. The predicted molar refractivity (Wildman–Crippen MR) is 151 cm³/mol. The Morgan fingerprint density at radius 2 is 1.79 bits per heavy atom. The maximum Gasteiger partial charge on any atom is 0.192 e. The quantitative estimate of drug-likeness (QED) is 0.230. The molecule has 0 bridgehead atoms. The summed E-state index contributed by atoms with van der Waals surface area (Å²) in [4.78, 5) is 11.3. The summed E-state index contributed by atoms with van der Waals surface area (Å²) in [6, 6.07) is 8.93. The molecule has 2 aromatic heterocycles. The molecule has 2 heterocycles. The van der Waals surface area contributed by atoms with E-state index in [0.29, 0.717) is 35.8 Å². The largest absolute Gasteiger partial charge is 0.497 e. The third kappa shape index (κ3) is 5.66. The molecule has 0 aliphatic carbocycles. The molecule has 202 valence electrons. The van der Waals surface area contributed by atoms with Crippen LogP contribution < -0.4 is 14.4 Å². The van der Waals surface area contributed by atoms with Crippen LogP contribution in [0.2, 0.25) is 18.1 Å². The van der Waals surface area contributed by atoms with E-state index in [9.17, 15) is 0 Å². The summed E-state index contributed by atoms with van der Waals surface area (Å²) >= 11 is 0. The number of aryl methyl sites for hydroxylation is 1. The van der Waals surface area contributed by atoms with E-state index >= 15 is 4.39 Å². The maximum atomic E-state index is 15.7. The summed E-state index contributed by atoms with van der Waals surface area (Å²) in [5.74, 6) is 0.123. The number of rotatable bonds is 9. The Kier molecular flexibility index (Phi) is 7.75. The molecule has 0 aliphatic heterocycles. The Morgan fingerprint density at radius 1 is 1.03 bits per heavy atom. The number of nitrogens with zero attached hydrogens (tertiary/aromatic N) is 5. The van der Waals surface area contributed by atoms with Crippen LogP contribution in [0.4, 0.5) is 15.8 Å². The fourth-order valence-electron chi connectivity index (χ4n) is 3.88. The van der Waals surface area contributed by atoms with E-state index in [2.05, 4.69) is 43.9 Å². The van der Waals surface area contributed by atoms with E-state index in [1.54, 1.807) is 30.3 Å². The molecule has 0 N–H and O–H groups in total. The maximum absolute atomic E-state index is 15.7. The summed E-state index contributed by atoms with van der Waals surface area (Å²) in [5, 5.41) is 4.30. The summed E-state index contributed by atoms with van der Waals surface area (Å²) in [6.45, 7) is 11.9. The molecule has 10 heteroatoms. The average Bonchev–Trinajstić information content (AvgIpc) is 3.32. The summed E-state index contributed by atoms with van der Waals surface area (Å²) in [7, 11) is 2.84. The first-order chi connectivity index (χ1) is 17.9. The zero-order chi connectivity index (χ0) is 27.7. The van der Waals surface area contributed by atoms with E-state index in [4.69, 9.17) is 18.9 Å². The Balaban J connectivity index is 1.78. The van der Waals surface area contributed by atoms with Crippen molar-refractivity contribution in [3.8, 4) is 22.8 Å². The Bertz CT molecular complexity index is 1430. The van der Waals surface area contributed by atoms with Gasteiger partial charge in [-0.3, -0.25) is 9.67 Å². The van der Waals surface area contributed by atoms with E-state index in [0.717, 1.165) is 16.8 Å². The number of halogens is 1. The van der Waals surface area contributed by atoms with Gasteiger partial charge >= 0.3 is 0 Å². The molecule has 4 aromatic rings. The molecule has 0 unspecified atom stereocenters. The molecular formula is C28H36FN5O3Si. The van der Waals surface area contributed by atoms with E-state index in [-0.39, 0.29) is 10.8 Å². The van der Waals surface area contributed by atoms with Crippen molar-refractivity contribution in [1.82, 2.24) is 19.7 Å². The van der Waals surface area contributed by atoms with Gasteiger partial charge in [0.15, 0.2) is 19.9 Å². The van der Waals surface area contributed by atoms with Crippen LogP contribution in [0.15, 0.2) is 48.9 Å². The van der Waals surface area contributed by atoms with Gasteiger partial charge in [0, 0.05) is 43.2 Å². The normalized spacial score (nSPS) is 12.1. The number of hydrogen-bond acceptors (Lipinski definition) is 7. The van der Waals surface area contributed by atoms with Gasteiger partial charge in [-0.05, 0) is 36.3 Å². The molecule has 0 aliphatic rings. The number of aromatic nitrogens is 4. The predicted octanol–water partition coefficient (Wildman–Crippen LogP) is 6.35. The van der Waals surface area contributed by atoms with Gasteiger partial charge in [0.2, 0.25) is 0 Å². The molecule has 0 atom stereocenters. The zero-order valence-electron chi connectivity index (χ0n) is 23.4. The van der Waals surface area contributed by atoms with Crippen molar-refractivity contribution >= 4 is 30.7 Å². The zero-order valence-corrected chi connectivity index (χ0v) is 24.4. The van der Waals surface area contributed by atoms with Crippen LogP contribution in [-0.4, -0.2) is 55.4 Å². The topological polar surface area (TPSA) is 74.5 Å². The summed E-state index contributed by atoms with van der Waals surface area (Å²) < 4.78 is 34.6. The van der Waals surface area contributed by atoms with Gasteiger partial charge in [-0.25, -0.2) is 9.37 Å². The van der Waals surface area contributed by atoms with Crippen LogP contribution in [0.3, 0.4) is 0 Å². The van der Waals surface area contributed by atoms with Crippen molar-refractivity contribution in [2.75, 3.05) is 32.3 Å². The van der Waals surface area contributed by atoms with Crippen LogP contribution in [0.25, 0.3) is 22.3 Å². The highest BCUT2D eigenvalue weighted by Gasteiger charge is 2.37. The lowest BCUT2D eigenvalue weighted by molar-refractivity contribution is 0.296. The van der Waals surface area contributed by atoms with E-state index < -0.39 is 14.1 Å². The number of fused-ring (bicyclic) bond motifs is 1. The minimum absolute atomic E-state index is 0.0590. The smallest absolute Gasteiger partial charge is 0.192 e. The number of ether oxygens (including phenoxy) is 2. The van der Waals surface area contributed by atoms with Crippen LogP contribution >= 0.6 is 0 Å². The molecule has 0 spiro atoms. The highest BCUT2D eigenvalue weighted by molar-refractivity contribution is 6.74. The van der Waals surface area contributed by atoms with Crippen molar-refractivity contribution in [2.45, 2.75) is 38.9 Å². The number of benzene rings is 2. The van der Waals surface area contributed by atoms with Gasteiger partial charge in [0.1, 0.15) is 5.75 Å². The van der Waals surface area contributed by atoms with Gasteiger partial charge in [0.25, 0.3) is 0 Å². The molecule has 0 radical (unpaired) electrons. The molecule has 8 nitrogen and oxygen atoms in total. The standard InChI is InChI=1S/C28H36FN5O3Si/c1-28(2,3)38(7,8)37-12-11-34(25-14-21(35-5)15-26(36-6)27(25)29)20-9-10-22-23(13-20)32-24(17-30-22)19-16-31-33(4)18-19/h9-10,13-18H,11-12H2,1-8H3. The number of hydrogen-bond donors (Lipinski definition) is 0. The van der Waals surface area contributed by atoms with Crippen molar-refractivity contribution in [3.05, 3.63) is 54.7 Å². The molecular weight excluding hydrogens is 501 g/mol. The van der Waals surface area contributed by atoms with Crippen molar-refractivity contribution in [2.24, 2.45) is 7.05 Å². The van der Waals surface area contributed by atoms with Gasteiger partial charge in [-0.15, -0.1) is 0 Å². The number of anilines is 2. The molecule has 2 aromatic carbocycles. The highest BCUT2D eigenvalue weighted by atomic mass is 28.4. The molecule has 0 amide bonds. The third-order valence-electron chi connectivity index (χ3n) is 7.16. The van der Waals surface area contributed by atoms with E-state index in [1.807, 2.05) is 36.3 Å². The molecule has 4 rings (SSSR count). The minimum Gasteiger partial charge on any atom is -0.497 e. The minimum atomic E-state index is -2.01. The first kappa shape index (κ1) is 27.5. The Morgan fingerprint density at radius 3 is 2.42 bits per heavy atom. The molecule has 38 heavy (non-hydrogen) atoms. The third-order valence-corrected chi connectivity index (χ3v) is 11.7. The molecule has 0 saturated carbocycles. The van der Waals surface area contributed by atoms with Crippen LogP contribution in [0.1, 0.15) is 20.8 Å². The second kappa shape index (κ2) is 10.7. The SMILES string of the molecule is COc1cc(OC)c(F)c(N(CCO[Si](C)(C)C(C)(C)C)c2ccc3ncc(-c4cnn(C)c4)nc3c2)c1. The summed E-state index contributed by atoms with van der Waals surface area (Å²) in [6.07, 6.45) is 5.38. The fourth-order valence-corrected chi connectivity index (χ4v) is 4.91. The van der Waals surface area contributed by atoms with Crippen LogP contribution in [0, 0.1) is 5.82 Å².